The van der Waals surface area contributed by atoms with Crippen LogP contribution in [0.2, 0.25) is 0 Å². The van der Waals surface area contributed by atoms with Crippen molar-refractivity contribution in [2.24, 2.45) is 0 Å². The highest BCUT2D eigenvalue weighted by molar-refractivity contribution is 5.88. The van der Waals surface area contributed by atoms with Crippen molar-refractivity contribution in [3.8, 4) is 5.75 Å². The highest BCUT2D eigenvalue weighted by atomic mass is 16.5. The second kappa shape index (κ2) is 5.51. The van der Waals surface area contributed by atoms with E-state index < -0.39 is 5.97 Å². The minimum atomic E-state index is -0.478. The molecule has 0 aliphatic rings. The Hall–Kier alpha value is -2.37. The number of esters is 1. The number of carbonyl (C=O) groups is 1. The number of phenols is 1. The zero-order chi connectivity index (χ0) is 13.8. The van der Waals surface area contributed by atoms with Gasteiger partial charge in [-0.1, -0.05) is 24.3 Å². The van der Waals surface area contributed by atoms with E-state index in [1.165, 1.54) is 7.11 Å². The molecule has 0 aliphatic heterocycles. The standard InChI is InChI=1S/C13H15N3O3/c1-3-11-12(13(18)19-2)14-15-16(11)8-9-4-6-10(17)7-5-9/h4-7,17H,3,8H2,1-2H3. The molecule has 1 aromatic carbocycles. The lowest BCUT2D eigenvalue weighted by Gasteiger charge is -2.06. The molecule has 6 heteroatoms. The van der Waals surface area contributed by atoms with Crippen LogP contribution in [0.3, 0.4) is 0 Å². The lowest BCUT2D eigenvalue weighted by Crippen LogP contribution is -2.09. The van der Waals surface area contributed by atoms with E-state index in [2.05, 4.69) is 15.0 Å². The summed E-state index contributed by atoms with van der Waals surface area (Å²) >= 11 is 0. The average Bonchev–Trinajstić information content (AvgIpc) is 2.83. The van der Waals surface area contributed by atoms with Crippen LogP contribution in [-0.4, -0.2) is 33.2 Å². The molecular formula is C13H15N3O3. The number of phenolic OH excluding ortho intramolecular Hbond substituents is 1. The Morgan fingerprint density at radius 2 is 2.05 bits per heavy atom. The predicted octanol–water partition coefficient (Wildman–Crippen LogP) is 1.38. The van der Waals surface area contributed by atoms with Gasteiger partial charge >= 0.3 is 5.97 Å². The van der Waals surface area contributed by atoms with E-state index in [4.69, 9.17) is 0 Å². The van der Waals surface area contributed by atoms with Gasteiger partial charge in [-0.25, -0.2) is 9.48 Å². The van der Waals surface area contributed by atoms with E-state index in [1.807, 2.05) is 6.92 Å². The molecule has 0 unspecified atom stereocenters. The summed E-state index contributed by atoms with van der Waals surface area (Å²) in [5, 5.41) is 17.1. The van der Waals surface area contributed by atoms with Crippen LogP contribution < -0.4 is 0 Å². The molecule has 0 amide bonds. The van der Waals surface area contributed by atoms with Gasteiger partial charge < -0.3 is 9.84 Å². The number of rotatable bonds is 4. The molecule has 0 aliphatic carbocycles. The SMILES string of the molecule is CCc1c(C(=O)OC)nnn1Cc1ccc(O)cc1. The highest BCUT2D eigenvalue weighted by Gasteiger charge is 2.18. The molecule has 1 N–H and O–H groups in total. The minimum absolute atomic E-state index is 0.216. The number of aromatic hydroxyl groups is 1. The molecule has 0 fully saturated rings. The number of nitrogens with zero attached hydrogens (tertiary/aromatic N) is 3. The minimum Gasteiger partial charge on any atom is -0.508 e. The molecule has 2 aromatic rings. The summed E-state index contributed by atoms with van der Waals surface area (Å²) < 4.78 is 6.34. The van der Waals surface area contributed by atoms with Gasteiger partial charge in [-0.15, -0.1) is 5.10 Å². The third-order valence-electron chi connectivity index (χ3n) is 2.82. The number of hydrogen-bond acceptors (Lipinski definition) is 5. The number of ether oxygens (including phenoxy) is 1. The fourth-order valence-electron chi connectivity index (χ4n) is 1.84. The third kappa shape index (κ3) is 2.73. The van der Waals surface area contributed by atoms with Gasteiger partial charge in [0, 0.05) is 0 Å². The van der Waals surface area contributed by atoms with Crippen molar-refractivity contribution >= 4 is 5.97 Å². The summed E-state index contributed by atoms with van der Waals surface area (Å²) in [6.07, 6.45) is 0.634. The third-order valence-corrected chi connectivity index (χ3v) is 2.82. The Morgan fingerprint density at radius 1 is 1.37 bits per heavy atom. The molecule has 100 valence electrons. The van der Waals surface area contributed by atoms with Gasteiger partial charge in [0.2, 0.25) is 0 Å². The van der Waals surface area contributed by atoms with Crippen molar-refractivity contribution in [3.63, 3.8) is 0 Å². The first-order chi connectivity index (χ1) is 9.15. The first kappa shape index (κ1) is 13.1. The Morgan fingerprint density at radius 3 is 2.63 bits per heavy atom. The number of carbonyl (C=O) groups excluding carboxylic acids is 1. The monoisotopic (exact) mass is 261 g/mol. The lowest BCUT2D eigenvalue weighted by molar-refractivity contribution is 0.0592. The number of aromatic nitrogens is 3. The molecule has 6 nitrogen and oxygen atoms in total. The van der Waals surface area contributed by atoms with Crippen molar-refractivity contribution < 1.29 is 14.6 Å². The van der Waals surface area contributed by atoms with Crippen molar-refractivity contribution in [1.82, 2.24) is 15.0 Å². The van der Waals surface area contributed by atoms with Crippen LogP contribution in [0, 0.1) is 0 Å². The van der Waals surface area contributed by atoms with Crippen LogP contribution in [0.15, 0.2) is 24.3 Å². The van der Waals surface area contributed by atoms with E-state index in [-0.39, 0.29) is 11.4 Å². The summed E-state index contributed by atoms with van der Waals surface area (Å²) in [4.78, 5) is 11.5. The Bertz CT molecular complexity index is 575. The first-order valence-electron chi connectivity index (χ1n) is 5.94. The normalized spacial score (nSPS) is 10.4. The topological polar surface area (TPSA) is 77.2 Å². The van der Waals surface area contributed by atoms with Crippen molar-refractivity contribution in [3.05, 3.63) is 41.2 Å². The molecule has 1 heterocycles. The number of hydrogen-bond donors (Lipinski definition) is 1. The maximum atomic E-state index is 11.5. The fourth-order valence-corrected chi connectivity index (χ4v) is 1.84. The first-order valence-corrected chi connectivity index (χ1v) is 5.94. The van der Waals surface area contributed by atoms with Gasteiger partial charge in [0.15, 0.2) is 5.69 Å². The van der Waals surface area contributed by atoms with E-state index >= 15 is 0 Å². The van der Waals surface area contributed by atoms with Crippen LogP contribution in [0.5, 0.6) is 5.75 Å². The maximum absolute atomic E-state index is 11.5. The quantitative estimate of drug-likeness (QED) is 0.841. The predicted molar refractivity (Wildman–Crippen MR) is 67.9 cm³/mol. The summed E-state index contributed by atoms with van der Waals surface area (Å²) in [5.41, 5.74) is 1.96. The number of benzene rings is 1. The van der Waals surface area contributed by atoms with E-state index in [9.17, 15) is 9.90 Å². The summed E-state index contributed by atoms with van der Waals surface area (Å²) in [7, 11) is 1.32. The summed E-state index contributed by atoms with van der Waals surface area (Å²) in [6.45, 7) is 2.42. The molecule has 0 radical (unpaired) electrons. The van der Waals surface area contributed by atoms with E-state index in [1.54, 1.807) is 28.9 Å². The highest BCUT2D eigenvalue weighted by Crippen LogP contribution is 2.13. The summed E-state index contributed by atoms with van der Waals surface area (Å²) in [6, 6.07) is 6.82. The van der Waals surface area contributed by atoms with Crippen LogP contribution in [0.1, 0.15) is 28.7 Å². The van der Waals surface area contributed by atoms with Crippen LogP contribution in [0.25, 0.3) is 0 Å². The van der Waals surface area contributed by atoms with Crippen LogP contribution >= 0.6 is 0 Å². The number of methoxy groups -OCH3 is 1. The van der Waals surface area contributed by atoms with Gasteiger partial charge in [0.1, 0.15) is 5.75 Å². The molecule has 0 spiro atoms. The summed E-state index contributed by atoms with van der Waals surface area (Å²) in [5.74, 6) is -0.262. The zero-order valence-electron chi connectivity index (χ0n) is 10.8. The molecule has 19 heavy (non-hydrogen) atoms. The fraction of sp³-hybridized carbons (Fsp3) is 0.308. The molecule has 0 atom stereocenters. The van der Waals surface area contributed by atoms with Crippen LogP contribution in [-0.2, 0) is 17.7 Å². The van der Waals surface area contributed by atoms with Gasteiger partial charge in [0.25, 0.3) is 0 Å². The van der Waals surface area contributed by atoms with Gasteiger partial charge in [-0.05, 0) is 24.1 Å². The molecule has 2 rings (SSSR count). The van der Waals surface area contributed by atoms with Gasteiger partial charge in [-0.3, -0.25) is 0 Å². The largest absolute Gasteiger partial charge is 0.508 e. The van der Waals surface area contributed by atoms with Crippen molar-refractivity contribution in [2.75, 3.05) is 7.11 Å². The Balaban J connectivity index is 2.28. The Labute approximate surface area is 110 Å². The lowest BCUT2D eigenvalue weighted by atomic mass is 10.2. The molecule has 0 saturated carbocycles. The van der Waals surface area contributed by atoms with E-state index in [0.29, 0.717) is 13.0 Å². The average molecular weight is 261 g/mol. The molecular weight excluding hydrogens is 246 g/mol. The van der Waals surface area contributed by atoms with Gasteiger partial charge in [-0.2, -0.15) is 0 Å². The molecule has 1 aromatic heterocycles. The maximum Gasteiger partial charge on any atom is 0.360 e. The van der Waals surface area contributed by atoms with Crippen molar-refractivity contribution in [1.29, 1.82) is 0 Å². The van der Waals surface area contributed by atoms with Crippen LogP contribution in [0.4, 0.5) is 0 Å². The smallest absolute Gasteiger partial charge is 0.360 e. The molecule has 0 saturated heterocycles. The molecule has 0 bridgehead atoms. The zero-order valence-corrected chi connectivity index (χ0v) is 10.8. The second-order valence-electron chi connectivity index (χ2n) is 4.05. The van der Waals surface area contributed by atoms with Crippen molar-refractivity contribution in [2.45, 2.75) is 19.9 Å². The second-order valence-corrected chi connectivity index (χ2v) is 4.05. The van der Waals surface area contributed by atoms with Gasteiger partial charge in [0.05, 0.1) is 19.3 Å². The van der Waals surface area contributed by atoms with E-state index in [0.717, 1.165) is 11.3 Å². The Kier molecular flexibility index (Phi) is 3.79.